The minimum atomic E-state index is -1.87. The summed E-state index contributed by atoms with van der Waals surface area (Å²) in [4.78, 5) is 39.3. The number of amides is 2. The first-order valence-corrected chi connectivity index (χ1v) is 9.30. The number of anilines is 2. The Morgan fingerprint density at radius 3 is 2.45 bits per heavy atom. The summed E-state index contributed by atoms with van der Waals surface area (Å²) in [5, 5.41) is 24.3. The average molecular weight is 433 g/mol. The van der Waals surface area contributed by atoms with Gasteiger partial charge in [0, 0.05) is 33.3 Å². The summed E-state index contributed by atoms with van der Waals surface area (Å²) in [7, 11) is 0. The molecule has 0 saturated heterocycles. The van der Waals surface area contributed by atoms with Crippen molar-refractivity contribution in [3.63, 3.8) is 0 Å². The number of halogens is 2. The number of rotatable bonds is 3. The number of nitrogens with one attached hydrogen (secondary N) is 1. The molecule has 2 aliphatic heterocycles. The number of carbonyl (C=O) groups excluding carboxylic acids is 3. The summed E-state index contributed by atoms with van der Waals surface area (Å²) in [5.74, 6) is -3.00. The van der Waals surface area contributed by atoms with Crippen molar-refractivity contribution in [1.29, 1.82) is 0 Å². The third-order valence-corrected chi connectivity index (χ3v) is 5.49. The molecule has 1 atom stereocenters. The third-order valence-electron chi connectivity index (χ3n) is 5.02. The summed E-state index contributed by atoms with van der Waals surface area (Å²) in [6, 6.07) is 8.57. The van der Waals surface area contributed by atoms with Gasteiger partial charge >= 0.3 is 0 Å². The zero-order valence-corrected chi connectivity index (χ0v) is 16.5. The maximum atomic E-state index is 13.3. The second-order valence-electron chi connectivity index (χ2n) is 6.83. The highest BCUT2D eigenvalue weighted by Crippen LogP contribution is 2.54. The molecule has 1 spiro atoms. The quantitative estimate of drug-likeness (QED) is 0.685. The normalized spacial score (nSPS) is 20.4. The largest absolute Gasteiger partial charge is 0.506 e. The van der Waals surface area contributed by atoms with Crippen molar-refractivity contribution in [2.75, 3.05) is 10.2 Å². The number of benzene rings is 2. The van der Waals surface area contributed by atoms with Crippen molar-refractivity contribution in [2.45, 2.75) is 18.9 Å². The van der Waals surface area contributed by atoms with Gasteiger partial charge in [0.2, 0.25) is 0 Å². The SMILES string of the molecule is CC(=O)CC1=C(O)C(=O)N(c2cc(Cl)ccc2O)C12C(=O)Nc1cc(Cl)ccc12. The first-order chi connectivity index (χ1) is 13.7. The number of nitrogens with zero attached hydrogens (tertiary/aromatic N) is 1. The van der Waals surface area contributed by atoms with Gasteiger partial charge in [-0.05, 0) is 37.3 Å². The van der Waals surface area contributed by atoms with Crippen LogP contribution in [0.2, 0.25) is 10.0 Å². The number of aliphatic hydroxyl groups excluding tert-OH is 1. The van der Waals surface area contributed by atoms with Gasteiger partial charge < -0.3 is 15.5 Å². The molecule has 7 nitrogen and oxygen atoms in total. The van der Waals surface area contributed by atoms with Crippen LogP contribution >= 0.6 is 23.2 Å². The molecule has 0 aliphatic carbocycles. The van der Waals surface area contributed by atoms with E-state index in [9.17, 15) is 24.6 Å². The number of ketones is 1. The molecular formula is C20H14Cl2N2O5. The van der Waals surface area contributed by atoms with Gasteiger partial charge in [0.1, 0.15) is 11.5 Å². The van der Waals surface area contributed by atoms with Crippen LogP contribution in [-0.4, -0.2) is 27.8 Å². The maximum Gasteiger partial charge on any atom is 0.294 e. The molecule has 29 heavy (non-hydrogen) atoms. The summed E-state index contributed by atoms with van der Waals surface area (Å²) >= 11 is 12.1. The Morgan fingerprint density at radius 1 is 1.10 bits per heavy atom. The molecule has 0 saturated carbocycles. The lowest BCUT2D eigenvalue weighted by Crippen LogP contribution is -2.51. The van der Waals surface area contributed by atoms with Crippen LogP contribution < -0.4 is 10.2 Å². The highest BCUT2D eigenvalue weighted by molar-refractivity contribution is 6.32. The fraction of sp³-hybridized carbons (Fsp3) is 0.150. The number of Topliss-reactive ketones (excluding diaryl/α,β-unsaturated/α-hetero) is 1. The van der Waals surface area contributed by atoms with Crippen LogP contribution in [0.3, 0.4) is 0 Å². The monoisotopic (exact) mass is 432 g/mol. The number of hydrogen-bond acceptors (Lipinski definition) is 5. The van der Waals surface area contributed by atoms with Crippen LogP contribution in [0.4, 0.5) is 11.4 Å². The smallest absolute Gasteiger partial charge is 0.294 e. The van der Waals surface area contributed by atoms with E-state index in [4.69, 9.17) is 23.2 Å². The van der Waals surface area contributed by atoms with Crippen molar-refractivity contribution in [2.24, 2.45) is 0 Å². The zero-order valence-electron chi connectivity index (χ0n) is 15.0. The molecule has 2 aromatic rings. The van der Waals surface area contributed by atoms with E-state index < -0.39 is 23.1 Å². The predicted octanol–water partition coefficient (Wildman–Crippen LogP) is 3.68. The lowest BCUT2D eigenvalue weighted by atomic mass is 9.81. The molecule has 0 radical (unpaired) electrons. The lowest BCUT2D eigenvalue weighted by molar-refractivity contribution is -0.123. The van der Waals surface area contributed by atoms with Gasteiger partial charge in [0.15, 0.2) is 11.3 Å². The summed E-state index contributed by atoms with van der Waals surface area (Å²) in [6.45, 7) is 1.29. The molecule has 148 valence electrons. The first-order valence-electron chi connectivity index (χ1n) is 8.54. The van der Waals surface area contributed by atoms with E-state index in [2.05, 4.69) is 5.32 Å². The Hall–Kier alpha value is -3.03. The lowest BCUT2D eigenvalue weighted by Gasteiger charge is -2.35. The molecule has 9 heteroatoms. The van der Waals surface area contributed by atoms with Crippen LogP contribution in [-0.2, 0) is 19.9 Å². The Morgan fingerprint density at radius 2 is 1.76 bits per heavy atom. The molecular weight excluding hydrogens is 419 g/mol. The number of hydrogen-bond donors (Lipinski definition) is 3. The third kappa shape index (κ3) is 2.62. The molecule has 2 aromatic carbocycles. The van der Waals surface area contributed by atoms with Crippen LogP contribution in [0.5, 0.6) is 5.75 Å². The molecule has 2 amide bonds. The number of phenolic OH excluding ortho intramolecular Hbond substituents is 1. The van der Waals surface area contributed by atoms with Gasteiger partial charge in [-0.25, -0.2) is 0 Å². The fourth-order valence-corrected chi connectivity index (χ4v) is 4.25. The highest BCUT2D eigenvalue weighted by atomic mass is 35.5. The number of carbonyl (C=O) groups is 3. The van der Waals surface area contributed by atoms with Gasteiger partial charge in [0.25, 0.3) is 11.8 Å². The predicted molar refractivity (Wildman–Crippen MR) is 107 cm³/mol. The molecule has 1 unspecified atom stereocenters. The zero-order chi connectivity index (χ0) is 21.1. The van der Waals surface area contributed by atoms with Crippen molar-refractivity contribution < 1.29 is 24.6 Å². The van der Waals surface area contributed by atoms with Crippen LogP contribution in [0.25, 0.3) is 0 Å². The van der Waals surface area contributed by atoms with Gasteiger partial charge in [-0.15, -0.1) is 0 Å². The Labute approximate surface area is 175 Å². The van der Waals surface area contributed by atoms with Crippen molar-refractivity contribution >= 4 is 52.2 Å². The Kier molecular flexibility index (Phi) is 4.33. The second-order valence-corrected chi connectivity index (χ2v) is 7.71. The molecule has 4 rings (SSSR count). The van der Waals surface area contributed by atoms with Gasteiger partial charge in [-0.1, -0.05) is 29.3 Å². The molecule has 3 N–H and O–H groups in total. The molecule has 0 bridgehead atoms. The number of fused-ring (bicyclic) bond motifs is 2. The fourth-order valence-electron chi connectivity index (χ4n) is 3.91. The minimum absolute atomic E-state index is 0.0760. The summed E-state index contributed by atoms with van der Waals surface area (Å²) in [5.41, 5.74) is -1.37. The first kappa shape index (κ1) is 19.3. The van der Waals surface area contributed by atoms with E-state index in [0.717, 1.165) is 4.90 Å². The topological polar surface area (TPSA) is 107 Å². The second kappa shape index (κ2) is 6.50. The number of aliphatic hydroxyl groups is 1. The number of phenols is 1. The average Bonchev–Trinajstić information content (AvgIpc) is 3.04. The van der Waals surface area contributed by atoms with E-state index in [-0.39, 0.29) is 34.2 Å². The van der Waals surface area contributed by atoms with Gasteiger partial charge in [-0.3, -0.25) is 19.3 Å². The minimum Gasteiger partial charge on any atom is -0.506 e. The Bertz CT molecular complexity index is 1140. The molecule has 2 aliphatic rings. The van der Waals surface area contributed by atoms with Crippen LogP contribution in [0, 0.1) is 0 Å². The van der Waals surface area contributed by atoms with Crippen molar-refractivity contribution in [3.8, 4) is 5.75 Å². The van der Waals surface area contributed by atoms with Crippen molar-refractivity contribution in [1.82, 2.24) is 0 Å². The van der Waals surface area contributed by atoms with Crippen LogP contribution in [0.15, 0.2) is 47.7 Å². The molecule has 2 heterocycles. The van der Waals surface area contributed by atoms with E-state index in [0.29, 0.717) is 16.3 Å². The Balaban J connectivity index is 2.08. The van der Waals surface area contributed by atoms with E-state index >= 15 is 0 Å². The van der Waals surface area contributed by atoms with Gasteiger partial charge in [-0.2, -0.15) is 0 Å². The van der Waals surface area contributed by atoms with E-state index in [1.807, 2.05) is 0 Å². The van der Waals surface area contributed by atoms with Crippen molar-refractivity contribution in [3.05, 3.63) is 63.3 Å². The summed E-state index contributed by atoms with van der Waals surface area (Å²) in [6.07, 6.45) is -0.342. The standard InChI is InChI=1S/C20H14Cl2N2O5/c1-9(25)6-13-17(27)18(28)24(15-8-11(22)3-5-16(15)26)20(13)12-4-2-10(21)7-14(12)23-19(20)29/h2-5,7-8,26-27H,6H2,1H3,(H,23,29). The summed E-state index contributed by atoms with van der Waals surface area (Å²) < 4.78 is 0. The van der Waals surface area contributed by atoms with Crippen LogP contribution in [0.1, 0.15) is 18.9 Å². The van der Waals surface area contributed by atoms with E-state index in [1.165, 1.54) is 43.3 Å². The van der Waals surface area contributed by atoms with Gasteiger partial charge in [0.05, 0.1) is 5.69 Å². The number of aromatic hydroxyl groups is 1. The highest BCUT2D eigenvalue weighted by Gasteiger charge is 2.62. The maximum absolute atomic E-state index is 13.3. The molecule has 0 aromatic heterocycles. The molecule has 0 fully saturated rings. The van der Waals surface area contributed by atoms with E-state index in [1.54, 1.807) is 0 Å².